The number of nitrogens with one attached hydrogen (secondary N) is 1. The summed E-state index contributed by atoms with van der Waals surface area (Å²) in [7, 11) is 1.36. The first-order valence-electron chi connectivity index (χ1n) is 4.44. The number of rotatable bonds is 3. The van der Waals surface area contributed by atoms with Gasteiger partial charge >= 0.3 is 0 Å². The second-order valence-electron chi connectivity index (χ2n) is 3.13. The molecular formula is C10H13FN2O2. The predicted molar refractivity (Wildman–Crippen MR) is 55.2 cm³/mol. The number of hydrogen-bond donors (Lipinski definition) is 2. The van der Waals surface area contributed by atoms with Crippen molar-refractivity contribution < 1.29 is 13.9 Å². The van der Waals surface area contributed by atoms with Gasteiger partial charge in [-0.05, 0) is 19.1 Å². The zero-order valence-corrected chi connectivity index (χ0v) is 8.58. The summed E-state index contributed by atoms with van der Waals surface area (Å²) in [5.74, 6) is -0.725. The van der Waals surface area contributed by atoms with Gasteiger partial charge in [-0.1, -0.05) is 0 Å². The average molecular weight is 212 g/mol. The van der Waals surface area contributed by atoms with Crippen molar-refractivity contribution in [2.45, 2.75) is 13.0 Å². The quantitative estimate of drug-likeness (QED) is 0.789. The average Bonchev–Trinajstić information content (AvgIpc) is 2.20. The van der Waals surface area contributed by atoms with Crippen LogP contribution < -0.4 is 15.8 Å². The van der Waals surface area contributed by atoms with Crippen molar-refractivity contribution in [1.29, 1.82) is 0 Å². The highest BCUT2D eigenvalue weighted by Gasteiger charge is 2.09. The highest BCUT2D eigenvalue weighted by atomic mass is 19.1. The maximum absolute atomic E-state index is 13.0. The number of anilines is 1. The Labute approximate surface area is 87.2 Å². The van der Waals surface area contributed by atoms with Gasteiger partial charge in [0.05, 0.1) is 13.2 Å². The van der Waals surface area contributed by atoms with Gasteiger partial charge in [-0.15, -0.1) is 0 Å². The standard InChI is InChI=1S/C10H13FN2O2/c1-6(12)10(14)13-7-3-4-8(11)9(5-7)15-2/h3-6H,12H2,1-2H3,(H,13,14)/t6-/m0/s1. The van der Waals surface area contributed by atoms with Crippen LogP contribution in [0.4, 0.5) is 10.1 Å². The van der Waals surface area contributed by atoms with E-state index in [0.29, 0.717) is 5.69 Å². The van der Waals surface area contributed by atoms with Crippen molar-refractivity contribution in [3.8, 4) is 5.75 Å². The van der Waals surface area contributed by atoms with Gasteiger partial charge in [0.2, 0.25) is 5.91 Å². The number of ether oxygens (including phenoxy) is 1. The van der Waals surface area contributed by atoms with Crippen LogP contribution in [0, 0.1) is 5.82 Å². The molecule has 0 spiro atoms. The fourth-order valence-electron chi connectivity index (χ4n) is 0.994. The van der Waals surface area contributed by atoms with Crippen molar-refractivity contribution >= 4 is 11.6 Å². The molecule has 1 amide bonds. The zero-order chi connectivity index (χ0) is 11.4. The van der Waals surface area contributed by atoms with Gasteiger partial charge in [0.25, 0.3) is 0 Å². The number of halogens is 1. The molecule has 1 atom stereocenters. The Balaban J connectivity index is 2.83. The number of carbonyl (C=O) groups is 1. The minimum Gasteiger partial charge on any atom is -0.494 e. The molecule has 15 heavy (non-hydrogen) atoms. The van der Waals surface area contributed by atoms with Crippen LogP contribution in [0.2, 0.25) is 0 Å². The van der Waals surface area contributed by atoms with Crippen LogP contribution in [-0.2, 0) is 4.79 Å². The van der Waals surface area contributed by atoms with Crippen LogP contribution in [0.25, 0.3) is 0 Å². The van der Waals surface area contributed by atoms with E-state index < -0.39 is 11.9 Å². The molecule has 0 aliphatic carbocycles. The van der Waals surface area contributed by atoms with Crippen molar-refractivity contribution in [3.63, 3.8) is 0 Å². The molecule has 3 N–H and O–H groups in total. The van der Waals surface area contributed by atoms with E-state index in [1.165, 1.54) is 25.3 Å². The number of nitrogens with two attached hydrogens (primary N) is 1. The first-order valence-corrected chi connectivity index (χ1v) is 4.44. The SMILES string of the molecule is COc1cc(NC(=O)[C@H](C)N)ccc1F. The maximum Gasteiger partial charge on any atom is 0.241 e. The second-order valence-corrected chi connectivity index (χ2v) is 3.13. The summed E-state index contributed by atoms with van der Waals surface area (Å²) >= 11 is 0. The summed E-state index contributed by atoms with van der Waals surface area (Å²) in [6.07, 6.45) is 0. The highest BCUT2D eigenvalue weighted by Crippen LogP contribution is 2.21. The predicted octanol–water partition coefficient (Wildman–Crippen LogP) is 1.12. The monoisotopic (exact) mass is 212 g/mol. The van der Waals surface area contributed by atoms with Crippen LogP contribution >= 0.6 is 0 Å². The summed E-state index contributed by atoms with van der Waals surface area (Å²) in [4.78, 5) is 11.2. The maximum atomic E-state index is 13.0. The molecular weight excluding hydrogens is 199 g/mol. The lowest BCUT2D eigenvalue weighted by molar-refractivity contribution is -0.117. The summed E-state index contributed by atoms with van der Waals surface area (Å²) in [5.41, 5.74) is 5.82. The Morgan fingerprint density at radius 1 is 1.60 bits per heavy atom. The van der Waals surface area contributed by atoms with Crippen LogP contribution in [0.5, 0.6) is 5.75 Å². The van der Waals surface area contributed by atoms with Gasteiger partial charge in [-0.2, -0.15) is 0 Å². The Morgan fingerprint density at radius 3 is 2.80 bits per heavy atom. The van der Waals surface area contributed by atoms with Crippen molar-refractivity contribution in [2.75, 3.05) is 12.4 Å². The van der Waals surface area contributed by atoms with E-state index in [4.69, 9.17) is 10.5 Å². The van der Waals surface area contributed by atoms with Crippen molar-refractivity contribution in [2.24, 2.45) is 5.73 Å². The molecule has 0 heterocycles. The molecule has 0 unspecified atom stereocenters. The fourth-order valence-corrected chi connectivity index (χ4v) is 0.994. The molecule has 0 aromatic heterocycles. The van der Waals surface area contributed by atoms with E-state index in [2.05, 4.69) is 5.32 Å². The topological polar surface area (TPSA) is 64.3 Å². The van der Waals surface area contributed by atoms with E-state index in [-0.39, 0.29) is 11.7 Å². The van der Waals surface area contributed by atoms with E-state index >= 15 is 0 Å². The molecule has 0 fully saturated rings. The lowest BCUT2D eigenvalue weighted by atomic mass is 10.2. The molecule has 4 nitrogen and oxygen atoms in total. The number of hydrogen-bond acceptors (Lipinski definition) is 3. The van der Waals surface area contributed by atoms with Gasteiger partial charge < -0.3 is 15.8 Å². The zero-order valence-electron chi connectivity index (χ0n) is 8.58. The molecule has 1 aromatic rings. The van der Waals surface area contributed by atoms with E-state index in [9.17, 15) is 9.18 Å². The Hall–Kier alpha value is -1.62. The van der Waals surface area contributed by atoms with Crippen molar-refractivity contribution in [1.82, 2.24) is 0 Å². The molecule has 1 aromatic carbocycles. The minimum absolute atomic E-state index is 0.0810. The first-order chi connectivity index (χ1) is 7.04. The summed E-state index contributed by atoms with van der Waals surface area (Å²) < 4.78 is 17.8. The summed E-state index contributed by atoms with van der Waals surface area (Å²) in [6.45, 7) is 1.57. The molecule has 0 aliphatic heterocycles. The lowest BCUT2D eigenvalue weighted by Gasteiger charge is -2.09. The number of methoxy groups -OCH3 is 1. The molecule has 82 valence electrons. The Morgan fingerprint density at radius 2 is 2.27 bits per heavy atom. The van der Waals surface area contributed by atoms with Crippen LogP contribution in [0.1, 0.15) is 6.92 Å². The number of carbonyl (C=O) groups excluding carboxylic acids is 1. The minimum atomic E-state index is -0.610. The molecule has 0 aliphatic rings. The van der Waals surface area contributed by atoms with Gasteiger partial charge in [0, 0.05) is 11.8 Å². The van der Waals surface area contributed by atoms with Crippen molar-refractivity contribution in [3.05, 3.63) is 24.0 Å². The summed E-state index contributed by atoms with van der Waals surface area (Å²) in [5, 5.41) is 2.53. The Bertz CT molecular complexity index is 366. The molecule has 1 rings (SSSR count). The fraction of sp³-hybridized carbons (Fsp3) is 0.300. The number of benzene rings is 1. The van der Waals surface area contributed by atoms with Gasteiger partial charge in [0.1, 0.15) is 0 Å². The van der Waals surface area contributed by atoms with Crippen LogP contribution in [-0.4, -0.2) is 19.1 Å². The van der Waals surface area contributed by atoms with E-state index in [1.54, 1.807) is 6.92 Å². The third-order valence-electron chi connectivity index (χ3n) is 1.83. The van der Waals surface area contributed by atoms with E-state index in [0.717, 1.165) is 0 Å². The molecule has 0 bridgehead atoms. The summed E-state index contributed by atoms with van der Waals surface area (Å²) in [6, 6.07) is 3.45. The largest absolute Gasteiger partial charge is 0.494 e. The molecule has 0 radical (unpaired) electrons. The smallest absolute Gasteiger partial charge is 0.241 e. The highest BCUT2D eigenvalue weighted by molar-refractivity contribution is 5.94. The molecule has 5 heteroatoms. The Kier molecular flexibility index (Phi) is 3.62. The van der Waals surface area contributed by atoms with Gasteiger partial charge in [0.15, 0.2) is 11.6 Å². The molecule has 0 saturated heterocycles. The lowest BCUT2D eigenvalue weighted by Crippen LogP contribution is -2.32. The first kappa shape index (κ1) is 11.5. The number of amides is 1. The third-order valence-corrected chi connectivity index (χ3v) is 1.83. The second kappa shape index (κ2) is 4.75. The van der Waals surface area contributed by atoms with Gasteiger partial charge in [-0.25, -0.2) is 4.39 Å². The normalized spacial score (nSPS) is 12.0. The van der Waals surface area contributed by atoms with Crippen LogP contribution in [0.15, 0.2) is 18.2 Å². The third kappa shape index (κ3) is 2.92. The molecule has 0 saturated carbocycles. The van der Waals surface area contributed by atoms with E-state index in [1.807, 2.05) is 0 Å². The van der Waals surface area contributed by atoms with Gasteiger partial charge in [-0.3, -0.25) is 4.79 Å². The van der Waals surface area contributed by atoms with Crippen LogP contribution in [0.3, 0.4) is 0 Å².